The average molecular weight is 458 g/mol. The first-order chi connectivity index (χ1) is 14.9. The highest BCUT2D eigenvalue weighted by Crippen LogP contribution is 2.42. The Morgan fingerprint density at radius 3 is 2.12 bits per heavy atom. The fourth-order valence-corrected chi connectivity index (χ4v) is 4.07. The SMILES string of the molecule is Cc1ccc2c(c1)[C@@H](Nc1cc(C(F)(F)F)cc(C(F)(F)F)c1)[C@H](C(=O)N1CCCC1)O2. The van der Waals surface area contributed by atoms with Crippen LogP contribution in [0.5, 0.6) is 5.75 Å². The second kappa shape index (κ2) is 7.90. The first-order valence-electron chi connectivity index (χ1n) is 10.1. The van der Waals surface area contributed by atoms with E-state index in [1.807, 2.05) is 0 Å². The third kappa shape index (κ3) is 4.35. The van der Waals surface area contributed by atoms with Gasteiger partial charge >= 0.3 is 12.4 Å². The van der Waals surface area contributed by atoms with Gasteiger partial charge < -0.3 is 15.0 Å². The van der Waals surface area contributed by atoms with Crippen LogP contribution in [0.1, 0.15) is 41.1 Å². The van der Waals surface area contributed by atoms with Gasteiger partial charge in [0.1, 0.15) is 11.8 Å². The summed E-state index contributed by atoms with van der Waals surface area (Å²) in [5.74, 6) is 0.0190. The molecule has 2 aromatic rings. The maximum Gasteiger partial charge on any atom is 0.416 e. The Labute approximate surface area is 180 Å². The number of halogens is 6. The van der Waals surface area contributed by atoms with E-state index in [1.54, 1.807) is 30.0 Å². The number of ether oxygens (including phenoxy) is 1. The van der Waals surface area contributed by atoms with Crippen molar-refractivity contribution in [2.45, 2.75) is 44.3 Å². The minimum atomic E-state index is -4.97. The molecule has 0 radical (unpaired) electrons. The van der Waals surface area contributed by atoms with Gasteiger partial charge in [-0.1, -0.05) is 17.7 Å². The van der Waals surface area contributed by atoms with Gasteiger partial charge in [0.2, 0.25) is 6.10 Å². The summed E-state index contributed by atoms with van der Waals surface area (Å²) in [6.07, 6.45) is -9.39. The van der Waals surface area contributed by atoms with Gasteiger partial charge in [0.25, 0.3) is 5.91 Å². The number of hydrogen-bond acceptors (Lipinski definition) is 3. The molecule has 0 aliphatic carbocycles. The molecule has 2 heterocycles. The Kier molecular flexibility index (Phi) is 5.50. The zero-order valence-corrected chi connectivity index (χ0v) is 17.0. The van der Waals surface area contributed by atoms with Crippen LogP contribution >= 0.6 is 0 Å². The molecule has 0 bridgehead atoms. The van der Waals surface area contributed by atoms with Crippen molar-refractivity contribution in [2.75, 3.05) is 18.4 Å². The van der Waals surface area contributed by atoms with E-state index in [2.05, 4.69) is 5.32 Å². The van der Waals surface area contributed by atoms with E-state index >= 15 is 0 Å². The average Bonchev–Trinajstić information content (AvgIpc) is 3.35. The number of carbonyl (C=O) groups excluding carboxylic acids is 1. The Balaban J connectivity index is 1.74. The Morgan fingerprint density at radius 2 is 1.56 bits per heavy atom. The van der Waals surface area contributed by atoms with Gasteiger partial charge in [-0.3, -0.25) is 4.79 Å². The third-order valence-corrected chi connectivity index (χ3v) is 5.63. The maximum absolute atomic E-state index is 13.3. The van der Waals surface area contributed by atoms with Crippen LogP contribution in [0, 0.1) is 6.92 Å². The van der Waals surface area contributed by atoms with Gasteiger partial charge in [0, 0.05) is 24.3 Å². The van der Waals surface area contributed by atoms with E-state index in [1.165, 1.54) is 0 Å². The summed E-state index contributed by atoms with van der Waals surface area (Å²) in [5.41, 5.74) is -1.93. The van der Waals surface area contributed by atoms with Crippen LogP contribution in [0.15, 0.2) is 36.4 Å². The first kappa shape index (κ1) is 22.3. The van der Waals surface area contributed by atoms with E-state index in [0.29, 0.717) is 36.5 Å². The van der Waals surface area contributed by atoms with Crippen molar-refractivity contribution in [2.24, 2.45) is 0 Å². The molecule has 1 N–H and O–H groups in total. The molecule has 10 heteroatoms. The molecule has 32 heavy (non-hydrogen) atoms. The first-order valence-corrected chi connectivity index (χ1v) is 10.1. The van der Waals surface area contributed by atoms with Crippen LogP contribution in [-0.2, 0) is 17.1 Å². The van der Waals surface area contributed by atoms with Crippen LogP contribution in [0.25, 0.3) is 0 Å². The quantitative estimate of drug-likeness (QED) is 0.612. The fourth-order valence-electron chi connectivity index (χ4n) is 4.07. The summed E-state index contributed by atoms with van der Waals surface area (Å²) in [6.45, 7) is 2.85. The largest absolute Gasteiger partial charge is 0.478 e. The minimum Gasteiger partial charge on any atom is -0.478 e. The monoisotopic (exact) mass is 458 g/mol. The number of benzene rings is 2. The highest BCUT2D eigenvalue weighted by atomic mass is 19.4. The molecule has 2 atom stereocenters. The second-order valence-electron chi connectivity index (χ2n) is 8.03. The number of aryl methyl sites for hydroxylation is 1. The van der Waals surface area contributed by atoms with Gasteiger partial charge in [-0.25, -0.2) is 0 Å². The van der Waals surface area contributed by atoms with Gasteiger partial charge in [0.15, 0.2) is 0 Å². The molecular formula is C22H20F6N2O2. The molecule has 4 nitrogen and oxygen atoms in total. The van der Waals surface area contributed by atoms with Crippen LogP contribution in [-0.4, -0.2) is 30.0 Å². The highest BCUT2D eigenvalue weighted by molar-refractivity contribution is 5.84. The molecule has 1 fully saturated rings. The molecule has 172 valence electrons. The minimum absolute atomic E-state index is 0.0707. The van der Waals surface area contributed by atoms with Crippen molar-refractivity contribution in [3.05, 3.63) is 58.7 Å². The Bertz CT molecular complexity index is 996. The number of hydrogen-bond donors (Lipinski definition) is 1. The number of amides is 1. The van der Waals surface area contributed by atoms with Gasteiger partial charge in [0.05, 0.1) is 11.1 Å². The lowest BCUT2D eigenvalue weighted by molar-refractivity contribution is -0.143. The lowest BCUT2D eigenvalue weighted by atomic mass is 9.99. The normalized spacial score (nSPS) is 20.8. The summed E-state index contributed by atoms with van der Waals surface area (Å²) in [4.78, 5) is 14.7. The molecule has 2 aliphatic rings. The molecule has 0 aromatic heterocycles. The van der Waals surface area contributed by atoms with Crippen molar-refractivity contribution in [1.29, 1.82) is 0 Å². The van der Waals surface area contributed by atoms with E-state index < -0.39 is 41.3 Å². The number of nitrogens with one attached hydrogen (secondary N) is 1. The molecule has 1 amide bonds. The van der Waals surface area contributed by atoms with Crippen LogP contribution in [0.2, 0.25) is 0 Å². The second-order valence-corrected chi connectivity index (χ2v) is 8.03. The number of alkyl halides is 6. The van der Waals surface area contributed by atoms with Crippen LogP contribution < -0.4 is 10.1 Å². The Morgan fingerprint density at radius 1 is 0.969 bits per heavy atom. The lowest BCUT2D eigenvalue weighted by Crippen LogP contribution is -2.43. The third-order valence-electron chi connectivity index (χ3n) is 5.63. The van der Waals surface area contributed by atoms with Crippen LogP contribution in [0.4, 0.5) is 32.0 Å². The van der Waals surface area contributed by atoms with Crippen molar-refractivity contribution < 1.29 is 35.9 Å². The van der Waals surface area contributed by atoms with Crippen LogP contribution in [0.3, 0.4) is 0 Å². The molecule has 0 saturated carbocycles. The van der Waals surface area contributed by atoms with E-state index in [0.717, 1.165) is 18.4 Å². The standard InChI is InChI=1S/C22H20F6N2O2/c1-12-4-5-17-16(8-12)18(19(32-17)20(31)30-6-2-3-7-30)29-15-10-13(21(23,24)25)9-14(11-15)22(26,27)28/h4-5,8-11,18-19,29H,2-3,6-7H2,1H3/t18-,19-/m1/s1. The molecule has 0 unspecified atom stereocenters. The fraction of sp³-hybridized carbons (Fsp3) is 0.409. The predicted molar refractivity (Wildman–Crippen MR) is 104 cm³/mol. The van der Waals surface area contributed by atoms with Gasteiger partial charge in [-0.15, -0.1) is 0 Å². The number of likely N-dealkylation sites (tertiary alicyclic amines) is 1. The van der Waals surface area contributed by atoms with Gasteiger partial charge in [-0.2, -0.15) is 26.3 Å². The zero-order chi connectivity index (χ0) is 23.3. The number of rotatable bonds is 3. The number of anilines is 1. The van der Waals surface area contributed by atoms with Crippen molar-refractivity contribution in [3.63, 3.8) is 0 Å². The topological polar surface area (TPSA) is 41.6 Å². The summed E-state index contributed by atoms with van der Waals surface area (Å²) < 4.78 is 85.4. The zero-order valence-electron chi connectivity index (χ0n) is 17.0. The number of carbonyl (C=O) groups is 1. The molecule has 1 saturated heterocycles. The molecular weight excluding hydrogens is 438 g/mol. The van der Waals surface area contributed by atoms with Gasteiger partial charge in [-0.05, 0) is 44.0 Å². The summed E-state index contributed by atoms with van der Waals surface area (Å²) in [7, 11) is 0. The van der Waals surface area contributed by atoms with E-state index in [9.17, 15) is 31.1 Å². The number of nitrogens with zero attached hydrogens (tertiary/aromatic N) is 1. The van der Waals surface area contributed by atoms with E-state index in [4.69, 9.17) is 4.74 Å². The molecule has 2 aliphatic heterocycles. The summed E-state index contributed by atoms with van der Waals surface area (Å²) in [6, 6.07) is 5.46. The number of fused-ring (bicyclic) bond motifs is 1. The summed E-state index contributed by atoms with van der Waals surface area (Å²) >= 11 is 0. The van der Waals surface area contributed by atoms with Crippen molar-refractivity contribution >= 4 is 11.6 Å². The van der Waals surface area contributed by atoms with Crippen molar-refractivity contribution in [1.82, 2.24) is 4.90 Å². The lowest BCUT2D eigenvalue weighted by Gasteiger charge is -2.26. The molecule has 2 aromatic carbocycles. The van der Waals surface area contributed by atoms with E-state index in [-0.39, 0.29) is 12.0 Å². The smallest absolute Gasteiger partial charge is 0.416 e. The predicted octanol–water partition coefficient (Wildman–Crippen LogP) is 5.57. The molecule has 0 spiro atoms. The summed E-state index contributed by atoms with van der Waals surface area (Å²) in [5, 5.41) is 2.73. The Hall–Kier alpha value is -2.91. The highest BCUT2D eigenvalue weighted by Gasteiger charge is 2.43. The van der Waals surface area contributed by atoms with Crippen molar-refractivity contribution in [3.8, 4) is 5.75 Å². The molecule has 4 rings (SSSR count). The maximum atomic E-state index is 13.3.